The SMILES string of the molecule is Cc1cccc(CNC2CCc3c(c(C(=O)N(C)Cc4ccccc4)nn3C)C2)n1. The maximum atomic E-state index is 13.2. The first-order chi connectivity index (χ1) is 14.5. The molecule has 0 saturated heterocycles. The minimum Gasteiger partial charge on any atom is -0.336 e. The molecular formula is C24H29N5O. The van der Waals surface area contributed by atoms with Crippen LogP contribution >= 0.6 is 0 Å². The van der Waals surface area contributed by atoms with Gasteiger partial charge in [-0.2, -0.15) is 5.10 Å². The smallest absolute Gasteiger partial charge is 0.274 e. The zero-order valence-electron chi connectivity index (χ0n) is 17.9. The Morgan fingerprint density at radius 2 is 2.00 bits per heavy atom. The van der Waals surface area contributed by atoms with Gasteiger partial charge >= 0.3 is 0 Å². The van der Waals surface area contributed by atoms with Gasteiger partial charge in [0.25, 0.3) is 5.91 Å². The average Bonchev–Trinajstić information content (AvgIpc) is 3.08. The van der Waals surface area contributed by atoms with Crippen LogP contribution in [0.15, 0.2) is 48.5 Å². The number of nitrogens with one attached hydrogen (secondary N) is 1. The van der Waals surface area contributed by atoms with E-state index in [1.54, 1.807) is 4.90 Å². The lowest BCUT2D eigenvalue weighted by Crippen LogP contribution is -2.35. The van der Waals surface area contributed by atoms with Crippen LogP contribution in [0.2, 0.25) is 0 Å². The maximum absolute atomic E-state index is 13.2. The van der Waals surface area contributed by atoms with E-state index in [0.29, 0.717) is 18.3 Å². The molecule has 0 saturated carbocycles. The van der Waals surface area contributed by atoms with Crippen LogP contribution in [0.4, 0.5) is 0 Å². The van der Waals surface area contributed by atoms with Crippen molar-refractivity contribution in [1.82, 2.24) is 25.0 Å². The van der Waals surface area contributed by atoms with Gasteiger partial charge in [-0.3, -0.25) is 14.5 Å². The Labute approximate surface area is 177 Å². The predicted molar refractivity (Wildman–Crippen MR) is 117 cm³/mol. The van der Waals surface area contributed by atoms with Crippen molar-refractivity contribution in [3.8, 4) is 0 Å². The Morgan fingerprint density at radius 1 is 1.20 bits per heavy atom. The van der Waals surface area contributed by atoms with Crippen molar-refractivity contribution in [2.45, 2.75) is 45.3 Å². The van der Waals surface area contributed by atoms with E-state index >= 15 is 0 Å². The Morgan fingerprint density at radius 3 is 2.77 bits per heavy atom. The normalized spacial score (nSPS) is 15.6. The van der Waals surface area contributed by atoms with Crippen LogP contribution in [-0.2, 0) is 33.0 Å². The summed E-state index contributed by atoms with van der Waals surface area (Å²) in [7, 11) is 3.79. The van der Waals surface area contributed by atoms with Gasteiger partial charge < -0.3 is 10.2 Å². The topological polar surface area (TPSA) is 63.1 Å². The Balaban J connectivity index is 1.46. The fourth-order valence-corrected chi connectivity index (χ4v) is 4.19. The molecule has 1 unspecified atom stereocenters. The summed E-state index contributed by atoms with van der Waals surface area (Å²) >= 11 is 0. The first kappa shape index (κ1) is 20.3. The second-order valence-corrected chi connectivity index (χ2v) is 8.14. The standard InChI is InChI=1S/C24H29N5O/c1-17-8-7-11-20(26-17)15-25-19-12-13-22-21(14-19)23(27-29(22)3)24(30)28(2)16-18-9-5-4-6-10-18/h4-11,19,25H,12-16H2,1-3H3. The van der Waals surface area contributed by atoms with Crippen LogP contribution in [0.3, 0.4) is 0 Å². The van der Waals surface area contributed by atoms with Crippen molar-refractivity contribution in [3.63, 3.8) is 0 Å². The number of rotatable bonds is 6. The fourth-order valence-electron chi connectivity index (χ4n) is 4.19. The molecule has 1 N–H and O–H groups in total. The highest BCUT2D eigenvalue weighted by Crippen LogP contribution is 2.25. The summed E-state index contributed by atoms with van der Waals surface area (Å²) in [4.78, 5) is 19.5. The molecule has 156 valence electrons. The van der Waals surface area contributed by atoms with Crippen LogP contribution in [0, 0.1) is 6.92 Å². The quantitative estimate of drug-likeness (QED) is 0.687. The first-order valence-electron chi connectivity index (χ1n) is 10.5. The molecule has 6 nitrogen and oxygen atoms in total. The van der Waals surface area contributed by atoms with E-state index in [4.69, 9.17) is 0 Å². The van der Waals surface area contributed by atoms with E-state index in [-0.39, 0.29) is 5.91 Å². The summed E-state index contributed by atoms with van der Waals surface area (Å²) < 4.78 is 1.89. The predicted octanol–water partition coefficient (Wildman–Crippen LogP) is 3.04. The molecule has 0 bridgehead atoms. The van der Waals surface area contributed by atoms with Crippen LogP contribution in [0.1, 0.15) is 45.1 Å². The third kappa shape index (κ3) is 4.44. The number of hydrogen-bond donors (Lipinski definition) is 1. The minimum absolute atomic E-state index is 0.0169. The molecule has 0 aliphatic heterocycles. The van der Waals surface area contributed by atoms with Crippen LogP contribution in [-0.4, -0.2) is 38.7 Å². The molecular weight excluding hydrogens is 374 g/mol. The summed E-state index contributed by atoms with van der Waals surface area (Å²) in [6.07, 6.45) is 2.77. The molecule has 6 heteroatoms. The molecule has 2 aromatic heterocycles. The van der Waals surface area contributed by atoms with Gasteiger partial charge in [-0.1, -0.05) is 36.4 Å². The number of benzene rings is 1. The van der Waals surface area contributed by atoms with Gasteiger partial charge in [-0.05, 0) is 43.9 Å². The number of fused-ring (bicyclic) bond motifs is 1. The number of amides is 1. The van der Waals surface area contributed by atoms with Gasteiger partial charge in [0.05, 0.1) is 5.69 Å². The van der Waals surface area contributed by atoms with E-state index in [1.807, 2.05) is 74.2 Å². The highest BCUT2D eigenvalue weighted by Gasteiger charge is 2.29. The summed E-state index contributed by atoms with van der Waals surface area (Å²) in [5, 5.41) is 8.23. The Kier molecular flexibility index (Phi) is 5.95. The summed E-state index contributed by atoms with van der Waals surface area (Å²) in [5.41, 5.74) is 6.05. The van der Waals surface area contributed by atoms with Gasteiger partial charge in [-0.15, -0.1) is 0 Å². The highest BCUT2D eigenvalue weighted by molar-refractivity contribution is 5.94. The molecule has 0 spiro atoms. The number of carbonyl (C=O) groups is 1. The van der Waals surface area contributed by atoms with Crippen molar-refractivity contribution in [2.24, 2.45) is 7.05 Å². The van der Waals surface area contributed by atoms with Crippen molar-refractivity contribution in [3.05, 3.63) is 82.4 Å². The number of nitrogens with zero attached hydrogens (tertiary/aromatic N) is 4. The summed E-state index contributed by atoms with van der Waals surface area (Å²) in [6.45, 7) is 3.32. The maximum Gasteiger partial charge on any atom is 0.274 e. The lowest BCUT2D eigenvalue weighted by molar-refractivity contribution is 0.0777. The van der Waals surface area contributed by atoms with Gasteiger partial charge in [0, 0.05) is 50.2 Å². The molecule has 1 atom stereocenters. The molecule has 30 heavy (non-hydrogen) atoms. The van der Waals surface area contributed by atoms with E-state index in [0.717, 1.165) is 48.3 Å². The average molecular weight is 404 g/mol. The second-order valence-electron chi connectivity index (χ2n) is 8.14. The largest absolute Gasteiger partial charge is 0.336 e. The molecule has 1 amide bonds. The van der Waals surface area contributed by atoms with Crippen molar-refractivity contribution in [1.29, 1.82) is 0 Å². The Hall–Kier alpha value is -2.99. The van der Waals surface area contributed by atoms with E-state index < -0.39 is 0 Å². The highest BCUT2D eigenvalue weighted by atomic mass is 16.2. The molecule has 1 aliphatic rings. The van der Waals surface area contributed by atoms with E-state index in [9.17, 15) is 4.79 Å². The molecule has 1 aromatic carbocycles. The van der Waals surface area contributed by atoms with Crippen molar-refractivity contribution >= 4 is 5.91 Å². The van der Waals surface area contributed by atoms with Gasteiger partial charge in [0.15, 0.2) is 5.69 Å². The van der Waals surface area contributed by atoms with Crippen LogP contribution < -0.4 is 5.32 Å². The fraction of sp³-hybridized carbons (Fsp3) is 0.375. The second kappa shape index (κ2) is 8.79. The van der Waals surface area contributed by atoms with Crippen LogP contribution in [0.25, 0.3) is 0 Å². The van der Waals surface area contributed by atoms with Gasteiger partial charge in [0.2, 0.25) is 0 Å². The molecule has 4 rings (SSSR count). The molecule has 3 aromatic rings. The van der Waals surface area contributed by atoms with Crippen LogP contribution in [0.5, 0.6) is 0 Å². The Bertz CT molecular complexity index is 1030. The van der Waals surface area contributed by atoms with Gasteiger partial charge in [0.1, 0.15) is 0 Å². The summed E-state index contributed by atoms with van der Waals surface area (Å²) in [5.74, 6) is -0.0169. The zero-order chi connectivity index (χ0) is 21.1. The number of hydrogen-bond acceptors (Lipinski definition) is 4. The number of aryl methyl sites for hydroxylation is 2. The number of carbonyl (C=O) groups excluding carboxylic acids is 1. The number of pyridine rings is 1. The summed E-state index contributed by atoms with van der Waals surface area (Å²) in [6, 6.07) is 16.5. The number of aromatic nitrogens is 3. The molecule has 0 radical (unpaired) electrons. The lowest BCUT2D eigenvalue weighted by Gasteiger charge is -2.25. The van der Waals surface area contributed by atoms with Crippen molar-refractivity contribution in [2.75, 3.05) is 7.05 Å². The molecule has 2 heterocycles. The van der Waals surface area contributed by atoms with Crippen molar-refractivity contribution < 1.29 is 4.79 Å². The first-order valence-corrected chi connectivity index (χ1v) is 10.5. The monoisotopic (exact) mass is 403 g/mol. The third-order valence-corrected chi connectivity index (χ3v) is 5.78. The van der Waals surface area contributed by atoms with E-state index in [2.05, 4.69) is 15.4 Å². The zero-order valence-corrected chi connectivity index (χ0v) is 17.9. The lowest BCUT2D eigenvalue weighted by atomic mass is 9.91. The molecule has 1 aliphatic carbocycles. The minimum atomic E-state index is -0.0169. The molecule has 0 fully saturated rings. The van der Waals surface area contributed by atoms with E-state index in [1.165, 1.54) is 5.69 Å². The van der Waals surface area contributed by atoms with Gasteiger partial charge in [-0.25, -0.2) is 0 Å². The third-order valence-electron chi connectivity index (χ3n) is 5.78.